The molecule has 0 bridgehead atoms. The number of rotatable bonds is 10. The minimum atomic E-state index is -0.437. The van der Waals surface area contributed by atoms with E-state index in [0.717, 1.165) is 50.1 Å². The zero-order valence-corrected chi connectivity index (χ0v) is 16.2. The van der Waals surface area contributed by atoms with E-state index in [4.69, 9.17) is 14.2 Å². The van der Waals surface area contributed by atoms with Crippen LogP contribution in [0.4, 0.5) is 0 Å². The van der Waals surface area contributed by atoms with Crippen LogP contribution in [0.25, 0.3) is 0 Å². The van der Waals surface area contributed by atoms with Crippen LogP contribution in [-0.2, 0) is 16.1 Å². The predicted octanol–water partition coefficient (Wildman–Crippen LogP) is 2.51. The summed E-state index contributed by atoms with van der Waals surface area (Å²) in [4.78, 5) is 12.8. The minimum absolute atomic E-state index is 0.0584. The SMILES string of the molecule is CCCCOc1ccc(CNC(=O)C2(COC)CCNCC2)cc1OC. The van der Waals surface area contributed by atoms with Gasteiger partial charge in [-0.15, -0.1) is 0 Å². The fourth-order valence-electron chi connectivity index (χ4n) is 3.26. The molecule has 146 valence electrons. The Morgan fingerprint density at radius 1 is 1.23 bits per heavy atom. The molecular formula is C20H32N2O4. The summed E-state index contributed by atoms with van der Waals surface area (Å²) in [5, 5.41) is 6.38. The smallest absolute Gasteiger partial charge is 0.228 e. The highest BCUT2D eigenvalue weighted by molar-refractivity contribution is 5.83. The number of carbonyl (C=O) groups is 1. The van der Waals surface area contributed by atoms with Gasteiger partial charge in [0.05, 0.1) is 25.7 Å². The highest BCUT2D eigenvalue weighted by Crippen LogP contribution is 2.31. The van der Waals surface area contributed by atoms with Gasteiger partial charge in [-0.3, -0.25) is 4.79 Å². The van der Waals surface area contributed by atoms with Crippen LogP contribution in [0.5, 0.6) is 11.5 Å². The molecule has 0 saturated carbocycles. The highest BCUT2D eigenvalue weighted by atomic mass is 16.5. The molecule has 2 N–H and O–H groups in total. The first-order valence-corrected chi connectivity index (χ1v) is 9.43. The Hall–Kier alpha value is -1.79. The van der Waals surface area contributed by atoms with E-state index >= 15 is 0 Å². The van der Waals surface area contributed by atoms with Crippen molar-refractivity contribution >= 4 is 5.91 Å². The van der Waals surface area contributed by atoms with Crippen LogP contribution in [0.2, 0.25) is 0 Å². The molecule has 6 nitrogen and oxygen atoms in total. The summed E-state index contributed by atoms with van der Waals surface area (Å²) in [6.45, 7) is 5.40. The van der Waals surface area contributed by atoms with Crippen molar-refractivity contribution < 1.29 is 19.0 Å². The lowest BCUT2D eigenvalue weighted by Gasteiger charge is -2.35. The third kappa shape index (κ3) is 5.35. The molecule has 26 heavy (non-hydrogen) atoms. The van der Waals surface area contributed by atoms with Crippen molar-refractivity contribution in [3.8, 4) is 11.5 Å². The van der Waals surface area contributed by atoms with E-state index in [1.54, 1.807) is 14.2 Å². The fourth-order valence-corrected chi connectivity index (χ4v) is 3.26. The largest absolute Gasteiger partial charge is 0.493 e. The van der Waals surface area contributed by atoms with Crippen LogP contribution in [0.15, 0.2) is 18.2 Å². The quantitative estimate of drug-likeness (QED) is 0.625. The minimum Gasteiger partial charge on any atom is -0.493 e. The van der Waals surface area contributed by atoms with Gasteiger partial charge in [-0.25, -0.2) is 0 Å². The van der Waals surface area contributed by atoms with Crippen LogP contribution in [0.3, 0.4) is 0 Å². The molecule has 1 heterocycles. The van der Waals surface area contributed by atoms with E-state index in [-0.39, 0.29) is 5.91 Å². The Labute approximate surface area is 156 Å². The lowest BCUT2D eigenvalue weighted by Crippen LogP contribution is -2.49. The van der Waals surface area contributed by atoms with E-state index in [1.807, 2.05) is 18.2 Å². The van der Waals surface area contributed by atoms with Crippen LogP contribution in [0, 0.1) is 5.41 Å². The monoisotopic (exact) mass is 364 g/mol. The zero-order valence-electron chi connectivity index (χ0n) is 16.2. The van der Waals surface area contributed by atoms with Crippen molar-refractivity contribution in [1.29, 1.82) is 0 Å². The van der Waals surface area contributed by atoms with E-state index in [1.165, 1.54) is 0 Å². The summed E-state index contributed by atoms with van der Waals surface area (Å²) in [5.74, 6) is 1.50. The normalized spacial score (nSPS) is 16.1. The number of amides is 1. The molecular weight excluding hydrogens is 332 g/mol. The third-order valence-electron chi connectivity index (χ3n) is 4.90. The Morgan fingerprint density at radius 3 is 2.65 bits per heavy atom. The summed E-state index contributed by atoms with van der Waals surface area (Å²) in [5.41, 5.74) is 0.548. The van der Waals surface area contributed by atoms with E-state index in [0.29, 0.717) is 25.5 Å². The van der Waals surface area contributed by atoms with Gasteiger partial charge in [0, 0.05) is 13.7 Å². The first kappa shape index (κ1) is 20.5. The second kappa shape index (κ2) is 10.4. The second-order valence-electron chi connectivity index (χ2n) is 6.83. The Kier molecular flexibility index (Phi) is 8.19. The van der Waals surface area contributed by atoms with Crippen LogP contribution in [-0.4, -0.2) is 46.4 Å². The number of nitrogens with one attached hydrogen (secondary N) is 2. The first-order chi connectivity index (χ1) is 12.6. The topological polar surface area (TPSA) is 68.8 Å². The van der Waals surface area contributed by atoms with Crippen molar-refractivity contribution in [3.63, 3.8) is 0 Å². The van der Waals surface area contributed by atoms with Gasteiger partial charge in [0.25, 0.3) is 0 Å². The van der Waals surface area contributed by atoms with Crippen LogP contribution >= 0.6 is 0 Å². The summed E-state index contributed by atoms with van der Waals surface area (Å²) in [6, 6.07) is 5.80. The Balaban J connectivity index is 1.98. The van der Waals surface area contributed by atoms with Crippen molar-refractivity contribution in [1.82, 2.24) is 10.6 Å². The molecule has 0 radical (unpaired) electrons. The maximum absolute atomic E-state index is 12.8. The van der Waals surface area contributed by atoms with Gasteiger partial charge in [0.15, 0.2) is 11.5 Å². The lowest BCUT2D eigenvalue weighted by atomic mass is 9.78. The summed E-state index contributed by atoms with van der Waals surface area (Å²) >= 11 is 0. The fraction of sp³-hybridized carbons (Fsp3) is 0.650. The van der Waals surface area contributed by atoms with Crippen LogP contribution < -0.4 is 20.1 Å². The van der Waals surface area contributed by atoms with Crippen molar-refractivity contribution in [2.24, 2.45) is 5.41 Å². The van der Waals surface area contributed by atoms with Gasteiger partial charge in [0.1, 0.15) is 0 Å². The number of unbranched alkanes of at least 4 members (excludes halogenated alkanes) is 1. The average Bonchev–Trinajstić information content (AvgIpc) is 2.67. The molecule has 0 spiro atoms. The van der Waals surface area contributed by atoms with Crippen molar-refractivity contribution in [2.75, 3.05) is 40.5 Å². The third-order valence-corrected chi connectivity index (χ3v) is 4.90. The molecule has 0 aromatic heterocycles. The zero-order chi connectivity index (χ0) is 18.8. The number of hydrogen-bond donors (Lipinski definition) is 2. The number of methoxy groups -OCH3 is 2. The molecule has 2 rings (SSSR count). The van der Waals surface area contributed by atoms with Gasteiger partial charge < -0.3 is 24.8 Å². The molecule has 1 aliphatic heterocycles. The maximum atomic E-state index is 12.8. The molecule has 1 aliphatic rings. The van der Waals surface area contributed by atoms with E-state index in [2.05, 4.69) is 17.6 Å². The van der Waals surface area contributed by atoms with Gasteiger partial charge in [0.2, 0.25) is 5.91 Å². The Morgan fingerprint density at radius 2 is 2.00 bits per heavy atom. The standard InChI is InChI=1S/C20H32N2O4/c1-4-5-12-26-17-7-6-16(13-18(17)25-3)14-22-19(23)20(15-24-2)8-10-21-11-9-20/h6-7,13,21H,4-5,8-12,14-15H2,1-3H3,(H,22,23). The first-order valence-electron chi connectivity index (χ1n) is 9.43. The lowest BCUT2D eigenvalue weighted by molar-refractivity contribution is -0.136. The van der Waals surface area contributed by atoms with Gasteiger partial charge in [-0.2, -0.15) is 0 Å². The highest BCUT2D eigenvalue weighted by Gasteiger charge is 2.39. The number of ether oxygens (including phenoxy) is 3. The second-order valence-corrected chi connectivity index (χ2v) is 6.83. The molecule has 1 aromatic carbocycles. The summed E-state index contributed by atoms with van der Waals surface area (Å²) in [6.07, 6.45) is 3.68. The average molecular weight is 364 g/mol. The number of piperidine rings is 1. The van der Waals surface area contributed by atoms with Crippen LogP contribution in [0.1, 0.15) is 38.2 Å². The van der Waals surface area contributed by atoms with Gasteiger partial charge in [-0.1, -0.05) is 19.4 Å². The molecule has 1 amide bonds. The maximum Gasteiger partial charge on any atom is 0.228 e. The molecule has 1 fully saturated rings. The number of benzene rings is 1. The number of hydrogen-bond acceptors (Lipinski definition) is 5. The van der Waals surface area contributed by atoms with E-state index < -0.39 is 5.41 Å². The summed E-state index contributed by atoms with van der Waals surface area (Å²) in [7, 11) is 3.28. The van der Waals surface area contributed by atoms with E-state index in [9.17, 15) is 4.79 Å². The van der Waals surface area contributed by atoms with Gasteiger partial charge >= 0.3 is 0 Å². The Bertz CT molecular complexity index is 565. The predicted molar refractivity (Wildman–Crippen MR) is 102 cm³/mol. The molecule has 1 saturated heterocycles. The molecule has 0 unspecified atom stereocenters. The molecule has 1 aromatic rings. The van der Waals surface area contributed by atoms with Crippen molar-refractivity contribution in [3.05, 3.63) is 23.8 Å². The molecule has 0 atom stereocenters. The summed E-state index contributed by atoms with van der Waals surface area (Å²) < 4.78 is 16.5. The number of carbonyl (C=O) groups excluding carboxylic acids is 1. The molecule has 0 aliphatic carbocycles. The van der Waals surface area contributed by atoms with Crippen molar-refractivity contribution in [2.45, 2.75) is 39.2 Å². The molecule has 6 heteroatoms. The van der Waals surface area contributed by atoms with Gasteiger partial charge in [-0.05, 0) is 50.0 Å².